The summed E-state index contributed by atoms with van der Waals surface area (Å²) in [5, 5.41) is 7.62. The molecule has 0 aromatic rings. The van der Waals surface area contributed by atoms with Crippen LogP contribution in [0, 0.1) is 11.3 Å². The van der Waals surface area contributed by atoms with Crippen molar-refractivity contribution in [3.05, 3.63) is 0 Å². The molecule has 0 unspecified atom stereocenters. The molecule has 0 fully saturated rings. The molecule has 0 rings (SSSR count). The first-order chi connectivity index (χ1) is 4.36. The van der Waals surface area contributed by atoms with E-state index in [1.54, 1.807) is 0 Å². The van der Waals surface area contributed by atoms with E-state index in [9.17, 15) is 25.2 Å². The minimum absolute atomic E-state index is 0. The van der Waals surface area contributed by atoms with Crippen LogP contribution >= 0.6 is 7.81 Å². The predicted octanol–water partition coefficient (Wildman–Crippen LogP) is 4.30. The first-order valence-electron chi connectivity index (χ1n) is 2.30. The summed E-state index contributed by atoms with van der Waals surface area (Å²) >= 11 is 0. The molecule has 0 aliphatic carbocycles. The maximum absolute atomic E-state index is 10.7. The number of hydrogen-bond acceptors (Lipinski definition) is 1. The molecule has 0 saturated heterocycles. The Morgan fingerprint density at radius 2 is 1.17 bits per heavy atom. The van der Waals surface area contributed by atoms with Gasteiger partial charge >= 0.3 is 50.1 Å². The van der Waals surface area contributed by atoms with Gasteiger partial charge in [0.15, 0.2) is 0 Å². The van der Waals surface area contributed by atoms with Crippen LogP contribution in [0.1, 0.15) is 13.3 Å². The maximum Gasteiger partial charge on any atom is 1.00 e. The van der Waals surface area contributed by atoms with Crippen LogP contribution in [-0.4, -0.2) is 0 Å². The second-order valence-corrected chi connectivity index (χ2v) is 3.39. The van der Waals surface area contributed by atoms with Gasteiger partial charge in [0, 0.05) is 6.42 Å². The third kappa shape index (κ3) is 784. The number of rotatable bonds is 0. The average molecular weight is 264 g/mol. The summed E-state index contributed by atoms with van der Waals surface area (Å²) in [5.74, 6) is 0. The fourth-order valence-electron chi connectivity index (χ4n) is 0. The normalized spacial score (nSPS) is 15.2. The molecule has 9 heteroatoms. The van der Waals surface area contributed by atoms with Gasteiger partial charge in [-0.25, -0.2) is 0 Å². The Balaban J connectivity index is -0.000000142. The van der Waals surface area contributed by atoms with Gasteiger partial charge in [-0.1, -0.05) is 6.92 Å². The van der Waals surface area contributed by atoms with E-state index < -0.39 is 7.81 Å². The van der Waals surface area contributed by atoms with Crippen LogP contribution in [0.2, 0.25) is 0 Å². The maximum atomic E-state index is 9.87. The standard InChI is InChI=1S/C3H5N.Cu.F6P/c1-2-3-4;;1-7(2,3,4,5)6/h2H2,1H3;;/q;+1;-1. The Bertz CT molecular complexity index is 151. The molecule has 0 radical (unpaired) electrons. The largest absolute Gasteiger partial charge is 1.00 e. The quantitative estimate of drug-likeness (QED) is 0.363. The van der Waals surface area contributed by atoms with Gasteiger partial charge < -0.3 is 0 Å². The van der Waals surface area contributed by atoms with Gasteiger partial charge in [0.1, 0.15) is 0 Å². The molecule has 0 aliphatic rings. The van der Waals surface area contributed by atoms with Crippen LogP contribution in [0.5, 0.6) is 0 Å². The molecular formula is C3H5CuF6NP. The van der Waals surface area contributed by atoms with Crippen molar-refractivity contribution in [2.45, 2.75) is 13.3 Å². The summed E-state index contributed by atoms with van der Waals surface area (Å²) in [7, 11) is -10.7. The fourth-order valence-corrected chi connectivity index (χ4v) is 0. The van der Waals surface area contributed by atoms with Gasteiger partial charge in [-0.2, -0.15) is 5.26 Å². The molecule has 0 aromatic carbocycles. The third-order valence-corrected chi connectivity index (χ3v) is 0.158. The topological polar surface area (TPSA) is 23.8 Å². The number of hydrogen-bond donors (Lipinski definition) is 0. The molecule has 12 heavy (non-hydrogen) atoms. The van der Waals surface area contributed by atoms with Crippen LogP contribution in [-0.2, 0) is 17.1 Å². The van der Waals surface area contributed by atoms with Crippen molar-refractivity contribution >= 4 is 7.81 Å². The fraction of sp³-hybridized carbons (Fsp3) is 0.667. The summed E-state index contributed by atoms with van der Waals surface area (Å²) < 4.78 is 59.2. The number of halogens is 6. The van der Waals surface area contributed by atoms with Gasteiger partial charge in [-0.15, -0.1) is 0 Å². The van der Waals surface area contributed by atoms with Crippen molar-refractivity contribution in [2.24, 2.45) is 0 Å². The summed E-state index contributed by atoms with van der Waals surface area (Å²) in [5.41, 5.74) is 0. The van der Waals surface area contributed by atoms with E-state index in [1.165, 1.54) is 0 Å². The van der Waals surface area contributed by atoms with Crippen LogP contribution in [0.25, 0.3) is 0 Å². The monoisotopic (exact) mass is 263 g/mol. The van der Waals surface area contributed by atoms with E-state index in [0.717, 1.165) is 0 Å². The Morgan fingerprint density at radius 3 is 1.17 bits per heavy atom. The van der Waals surface area contributed by atoms with Crippen molar-refractivity contribution in [1.82, 2.24) is 0 Å². The first-order valence-corrected chi connectivity index (χ1v) is 4.33. The van der Waals surface area contributed by atoms with E-state index in [1.807, 2.05) is 13.0 Å². The van der Waals surface area contributed by atoms with Gasteiger partial charge in [-0.05, 0) is 0 Å². The number of nitriles is 1. The molecule has 0 heterocycles. The van der Waals surface area contributed by atoms with Crippen LogP contribution < -0.4 is 0 Å². The summed E-state index contributed by atoms with van der Waals surface area (Å²) in [6.45, 7) is 1.82. The molecule has 0 aliphatic heterocycles. The van der Waals surface area contributed by atoms with Crippen molar-refractivity contribution < 1.29 is 42.3 Å². The SMILES string of the molecule is CCC#N.F[P-](F)(F)(F)(F)F.[Cu+]. The van der Waals surface area contributed by atoms with Crippen molar-refractivity contribution in [1.29, 1.82) is 5.26 Å². The molecule has 0 spiro atoms. The predicted molar refractivity (Wildman–Crippen MR) is 29.5 cm³/mol. The van der Waals surface area contributed by atoms with Gasteiger partial charge in [0.25, 0.3) is 0 Å². The minimum Gasteiger partial charge on any atom is 1.00 e. The average Bonchev–Trinajstić information content (AvgIpc) is 1.57. The molecule has 0 amide bonds. The molecule has 0 bridgehead atoms. The van der Waals surface area contributed by atoms with Gasteiger partial charge in [0.05, 0.1) is 6.07 Å². The Hall–Kier alpha value is 0.0195. The number of nitrogens with zero attached hydrogens (tertiary/aromatic N) is 1. The molecular weight excluding hydrogens is 259 g/mol. The summed E-state index contributed by atoms with van der Waals surface area (Å²) in [4.78, 5) is 0. The van der Waals surface area contributed by atoms with Crippen LogP contribution in [0.4, 0.5) is 25.2 Å². The van der Waals surface area contributed by atoms with Gasteiger partial charge in [-0.3, -0.25) is 0 Å². The molecule has 0 atom stereocenters. The second kappa shape index (κ2) is 3.82. The van der Waals surface area contributed by atoms with E-state index in [4.69, 9.17) is 5.26 Å². The minimum atomic E-state index is -10.7. The molecule has 0 saturated carbocycles. The van der Waals surface area contributed by atoms with Crippen molar-refractivity contribution in [3.63, 3.8) is 0 Å². The van der Waals surface area contributed by atoms with Crippen molar-refractivity contribution in [3.8, 4) is 6.07 Å². The molecule has 1 nitrogen and oxygen atoms in total. The third-order valence-electron chi connectivity index (χ3n) is 0.158. The second-order valence-electron chi connectivity index (χ2n) is 1.47. The van der Waals surface area contributed by atoms with E-state index in [2.05, 4.69) is 0 Å². The smallest absolute Gasteiger partial charge is 1.00 e. The molecule has 80 valence electrons. The van der Waals surface area contributed by atoms with E-state index in [0.29, 0.717) is 6.42 Å². The van der Waals surface area contributed by atoms with Crippen LogP contribution in [0.15, 0.2) is 0 Å². The Morgan fingerprint density at radius 1 is 1.08 bits per heavy atom. The summed E-state index contributed by atoms with van der Waals surface area (Å²) in [6, 6.07) is 1.93. The van der Waals surface area contributed by atoms with Gasteiger partial charge in [0.2, 0.25) is 0 Å². The molecule has 0 aromatic heterocycles. The first kappa shape index (κ1) is 17.9. The zero-order valence-electron chi connectivity index (χ0n) is 5.67. The zero-order valence-corrected chi connectivity index (χ0v) is 7.51. The van der Waals surface area contributed by atoms with Crippen LogP contribution in [0.3, 0.4) is 0 Å². The molecule has 0 N–H and O–H groups in total. The van der Waals surface area contributed by atoms with Crippen molar-refractivity contribution in [2.75, 3.05) is 0 Å². The zero-order chi connectivity index (χ0) is 9.82. The van der Waals surface area contributed by atoms with E-state index >= 15 is 0 Å². The van der Waals surface area contributed by atoms with E-state index in [-0.39, 0.29) is 17.1 Å². The Labute approximate surface area is 75.4 Å². The Kier molecular flexibility index (Phi) is 5.71. The summed E-state index contributed by atoms with van der Waals surface area (Å²) in [6.07, 6.45) is 0.625.